The third kappa shape index (κ3) is 5.09. The minimum atomic E-state index is -0.690. The average Bonchev–Trinajstić information content (AvgIpc) is 2.85. The summed E-state index contributed by atoms with van der Waals surface area (Å²) >= 11 is 0. The Labute approximate surface area is 199 Å². The SMILES string of the molecule is O=C(O)CC1CCC(c2ccc(NC3NC(c4ccccc4)NC4CNNC(=O)C43)cc2)CC1. The molecule has 6 N–H and O–H groups in total. The molecule has 180 valence electrons. The normalized spacial score (nSPS) is 31.2. The average molecular weight is 464 g/mol. The van der Waals surface area contributed by atoms with E-state index in [9.17, 15) is 9.59 Å². The number of nitrogens with one attached hydrogen (secondary N) is 5. The maximum Gasteiger partial charge on any atom is 0.303 e. The summed E-state index contributed by atoms with van der Waals surface area (Å²) < 4.78 is 0. The fourth-order valence-electron chi connectivity index (χ4n) is 5.68. The van der Waals surface area contributed by atoms with Gasteiger partial charge in [-0.3, -0.25) is 25.6 Å². The van der Waals surface area contributed by atoms with Gasteiger partial charge in [0.05, 0.1) is 18.2 Å². The van der Waals surface area contributed by atoms with Crippen molar-refractivity contribution < 1.29 is 14.7 Å². The maximum absolute atomic E-state index is 12.7. The van der Waals surface area contributed by atoms with Crippen LogP contribution in [0, 0.1) is 11.8 Å². The highest BCUT2D eigenvalue weighted by atomic mass is 16.4. The topological polar surface area (TPSA) is 115 Å². The van der Waals surface area contributed by atoms with E-state index in [-0.39, 0.29) is 36.6 Å². The lowest BCUT2D eigenvalue weighted by atomic mass is 9.77. The number of hydrogen-bond donors (Lipinski definition) is 6. The van der Waals surface area contributed by atoms with E-state index in [1.807, 2.05) is 18.2 Å². The molecule has 2 heterocycles. The molecule has 3 fully saturated rings. The minimum Gasteiger partial charge on any atom is -0.481 e. The number of rotatable bonds is 6. The predicted molar refractivity (Wildman–Crippen MR) is 130 cm³/mol. The number of carbonyl (C=O) groups is 2. The van der Waals surface area contributed by atoms with E-state index in [0.717, 1.165) is 36.9 Å². The van der Waals surface area contributed by atoms with Gasteiger partial charge in [0.2, 0.25) is 5.91 Å². The van der Waals surface area contributed by atoms with Gasteiger partial charge in [0, 0.05) is 24.7 Å². The smallest absolute Gasteiger partial charge is 0.303 e. The fraction of sp³-hybridized carbons (Fsp3) is 0.462. The molecule has 1 aliphatic carbocycles. The fourth-order valence-corrected chi connectivity index (χ4v) is 5.68. The van der Waals surface area contributed by atoms with Crippen molar-refractivity contribution in [3.05, 3.63) is 65.7 Å². The van der Waals surface area contributed by atoms with E-state index in [2.05, 4.69) is 63.2 Å². The summed E-state index contributed by atoms with van der Waals surface area (Å²) in [5.41, 5.74) is 9.18. The Hall–Kier alpha value is -2.94. The number of carboxylic acid groups (broad SMARTS) is 1. The van der Waals surface area contributed by atoms with Crippen LogP contribution in [0.1, 0.15) is 55.3 Å². The second-order valence-corrected chi connectivity index (χ2v) is 9.74. The van der Waals surface area contributed by atoms with Gasteiger partial charge >= 0.3 is 5.97 Å². The molecule has 5 rings (SSSR count). The molecule has 2 saturated heterocycles. The number of amides is 1. The van der Waals surface area contributed by atoms with Gasteiger partial charge in [-0.15, -0.1) is 0 Å². The Balaban J connectivity index is 1.26. The number of carbonyl (C=O) groups excluding carboxylic acids is 1. The zero-order chi connectivity index (χ0) is 23.5. The number of hydrogen-bond acceptors (Lipinski definition) is 6. The zero-order valence-electron chi connectivity index (χ0n) is 19.2. The molecule has 8 heteroatoms. The highest BCUT2D eigenvalue weighted by Gasteiger charge is 2.44. The summed E-state index contributed by atoms with van der Waals surface area (Å²) in [6.07, 6.45) is 4.02. The number of benzene rings is 2. The standard InChI is InChI=1S/C26H33N5O3/c32-22(33)14-16-6-8-17(9-7-16)18-10-12-20(13-11-18)28-25-23-21(15-27-31-26(23)34)29-24(30-25)19-4-2-1-3-5-19/h1-5,10-13,16-17,21,23-25,27-30H,6-9,14-15H2,(H,31,34)(H,32,33). The van der Waals surface area contributed by atoms with E-state index < -0.39 is 5.97 Å². The first-order chi connectivity index (χ1) is 16.6. The van der Waals surface area contributed by atoms with Crippen molar-refractivity contribution in [3.8, 4) is 0 Å². The lowest BCUT2D eigenvalue weighted by Crippen LogP contribution is -2.71. The van der Waals surface area contributed by atoms with Crippen molar-refractivity contribution in [2.24, 2.45) is 11.8 Å². The number of carboxylic acids is 1. The van der Waals surface area contributed by atoms with Gasteiger partial charge in [0.25, 0.3) is 0 Å². The third-order valence-electron chi connectivity index (χ3n) is 7.50. The Morgan fingerprint density at radius 2 is 1.68 bits per heavy atom. The second kappa shape index (κ2) is 10.1. The van der Waals surface area contributed by atoms with Crippen molar-refractivity contribution in [3.63, 3.8) is 0 Å². The van der Waals surface area contributed by atoms with Crippen molar-refractivity contribution in [2.45, 2.75) is 56.4 Å². The summed E-state index contributed by atoms with van der Waals surface area (Å²) in [4.78, 5) is 23.7. The van der Waals surface area contributed by atoms with Gasteiger partial charge in [0.1, 0.15) is 0 Å². The summed E-state index contributed by atoms with van der Waals surface area (Å²) in [6.45, 7) is 0.656. The number of anilines is 1. The quantitative estimate of drug-likeness (QED) is 0.390. The van der Waals surface area contributed by atoms with Crippen LogP contribution in [0.25, 0.3) is 0 Å². The maximum atomic E-state index is 12.7. The summed E-state index contributed by atoms with van der Waals surface area (Å²) in [5, 5.41) is 19.8. The molecule has 0 aromatic heterocycles. The molecule has 4 unspecified atom stereocenters. The van der Waals surface area contributed by atoms with Crippen molar-refractivity contribution >= 4 is 17.6 Å². The summed E-state index contributed by atoms with van der Waals surface area (Å²) in [5.74, 6) is -0.189. The Kier molecular flexibility index (Phi) is 6.80. The molecule has 8 nitrogen and oxygen atoms in total. The first-order valence-electron chi connectivity index (χ1n) is 12.2. The van der Waals surface area contributed by atoms with Crippen molar-refractivity contribution in [2.75, 3.05) is 11.9 Å². The number of aliphatic carboxylic acids is 1. The van der Waals surface area contributed by atoms with Crippen LogP contribution in [0.5, 0.6) is 0 Å². The number of hydrazine groups is 1. The molecule has 34 heavy (non-hydrogen) atoms. The van der Waals surface area contributed by atoms with E-state index in [4.69, 9.17) is 5.11 Å². The summed E-state index contributed by atoms with van der Waals surface area (Å²) in [6, 6.07) is 18.7. The Morgan fingerprint density at radius 3 is 2.38 bits per heavy atom. The van der Waals surface area contributed by atoms with Crippen LogP contribution >= 0.6 is 0 Å². The molecule has 0 bridgehead atoms. The van der Waals surface area contributed by atoms with Gasteiger partial charge in [-0.1, -0.05) is 42.5 Å². The van der Waals surface area contributed by atoms with Crippen LogP contribution in [0.15, 0.2) is 54.6 Å². The van der Waals surface area contributed by atoms with Gasteiger partial charge < -0.3 is 10.4 Å². The molecule has 3 aliphatic rings. The Morgan fingerprint density at radius 1 is 0.941 bits per heavy atom. The van der Waals surface area contributed by atoms with Gasteiger partial charge in [-0.25, -0.2) is 5.43 Å². The van der Waals surface area contributed by atoms with Crippen LogP contribution < -0.4 is 26.8 Å². The first-order valence-corrected chi connectivity index (χ1v) is 12.2. The van der Waals surface area contributed by atoms with E-state index in [1.54, 1.807) is 0 Å². The molecule has 1 amide bonds. The van der Waals surface area contributed by atoms with Crippen LogP contribution in [0.3, 0.4) is 0 Å². The van der Waals surface area contributed by atoms with Crippen molar-refractivity contribution in [1.82, 2.24) is 21.5 Å². The van der Waals surface area contributed by atoms with Gasteiger partial charge in [-0.2, -0.15) is 0 Å². The Bertz CT molecular complexity index is 991. The third-order valence-corrected chi connectivity index (χ3v) is 7.50. The highest BCUT2D eigenvalue weighted by molar-refractivity contribution is 5.81. The van der Waals surface area contributed by atoms with Crippen LogP contribution in [0.4, 0.5) is 5.69 Å². The van der Waals surface area contributed by atoms with Gasteiger partial charge in [0.15, 0.2) is 0 Å². The van der Waals surface area contributed by atoms with E-state index in [0.29, 0.717) is 18.4 Å². The van der Waals surface area contributed by atoms with E-state index in [1.165, 1.54) is 5.56 Å². The molecule has 2 aromatic carbocycles. The molecule has 0 radical (unpaired) electrons. The molecule has 4 atom stereocenters. The van der Waals surface area contributed by atoms with Crippen LogP contribution in [-0.2, 0) is 9.59 Å². The molecule has 2 aliphatic heterocycles. The largest absolute Gasteiger partial charge is 0.481 e. The van der Waals surface area contributed by atoms with Crippen LogP contribution in [-0.4, -0.2) is 35.7 Å². The van der Waals surface area contributed by atoms with Crippen molar-refractivity contribution in [1.29, 1.82) is 0 Å². The number of fused-ring (bicyclic) bond motifs is 1. The second-order valence-electron chi connectivity index (χ2n) is 9.74. The molecular formula is C26H33N5O3. The molecular weight excluding hydrogens is 430 g/mol. The zero-order valence-corrected chi connectivity index (χ0v) is 19.2. The summed E-state index contributed by atoms with van der Waals surface area (Å²) in [7, 11) is 0. The predicted octanol–water partition coefficient (Wildman–Crippen LogP) is 2.68. The monoisotopic (exact) mass is 463 g/mol. The lowest BCUT2D eigenvalue weighted by Gasteiger charge is -2.46. The van der Waals surface area contributed by atoms with E-state index >= 15 is 0 Å². The minimum absolute atomic E-state index is 0.00188. The molecule has 1 saturated carbocycles. The lowest BCUT2D eigenvalue weighted by molar-refractivity contribution is -0.138. The molecule has 2 aromatic rings. The van der Waals surface area contributed by atoms with Crippen LogP contribution in [0.2, 0.25) is 0 Å². The highest BCUT2D eigenvalue weighted by Crippen LogP contribution is 2.37. The van der Waals surface area contributed by atoms with Gasteiger partial charge in [-0.05, 0) is 60.8 Å². The first kappa shape index (κ1) is 22.8. The molecule has 0 spiro atoms.